The van der Waals surface area contributed by atoms with E-state index >= 15 is 0 Å². The molecule has 0 bridgehead atoms. The van der Waals surface area contributed by atoms with Gasteiger partial charge in [-0.05, 0) is 48.6 Å². The van der Waals surface area contributed by atoms with Gasteiger partial charge in [0.15, 0.2) is 5.11 Å². The number of hydrogen-bond acceptors (Lipinski definition) is 3. The Balaban J connectivity index is 1.90. The van der Waals surface area contributed by atoms with E-state index in [0.29, 0.717) is 15.2 Å². The van der Waals surface area contributed by atoms with E-state index in [-0.39, 0.29) is 0 Å². The molecule has 2 N–H and O–H groups in total. The number of halogens is 2. The van der Waals surface area contributed by atoms with Gasteiger partial charge in [-0.2, -0.15) is 5.10 Å². The molecule has 0 fully saturated rings. The van der Waals surface area contributed by atoms with E-state index in [2.05, 4.69) is 15.8 Å². The zero-order valence-electron chi connectivity index (χ0n) is 11.6. The van der Waals surface area contributed by atoms with E-state index < -0.39 is 0 Å². The van der Waals surface area contributed by atoms with Crippen molar-refractivity contribution in [2.75, 3.05) is 12.4 Å². The fraction of sp³-hybridized carbons (Fsp3) is 0.0667. The number of hydrogen-bond donors (Lipinski definition) is 2. The van der Waals surface area contributed by atoms with Gasteiger partial charge in [0.2, 0.25) is 0 Å². The Morgan fingerprint density at radius 3 is 2.55 bits per heavy atom. The van der Waals surface area contributed by atoms with Gasteiger partial charge in [-0.15, -0.1) is 0 Å². The van der Waals surface area contributed by atoms with Gasteiger partial charge in [-0.1, -0.05) is 29.3 Å². The molecule has 0 aliphatic rings. The molecule has 0 saturated heterocycles. The lowest BCUT2D eigenvalue weighted by Gasteiger charge is -2.07. The van der Waals surface area contributed by atoms with Crippen LogP contribution in [0.1, 0.15) is 5.56 Å². The van der Waals surface area contributed by atoms with Gasteiger partial charge in [0.25, 0.3) is 0 Å². The molecule has 4 nitrogen and oxygen atoms in total. The highest BCUT2D eigenvalue weighted by molar-refractivity contribution is 7.80. The lowest BCUT2D eigenvalue weighted by molar-refractivity contribution is 0.415. The second kappa shape index (κ2) is 7.98. The summed E-state index contributed by atoms with van der Waals surface area (Å²) in [5.41, 5.74) is 4.29. The summed E-state index contributed by atoms with van der Waals surface area (Å²) >= 11 is 17.0. The van der Waals surface area contributed by atoms with Crippen LogP contribution in [0.25, 0.3) is 0 Å². The normalized spacial score (nSPS) is 10.5. The molecule has 0 saturated carbocycles. The van der Waals surface area contributed by atoms with Crippen LogP contribution < -0.4 is 15.5 Å². The fourth-order valence-corrected chi connectivity index (χ4v) is 2.23. The van der Waals surface area contributed by atoms with Crippen LogP contribution in [0.15, 0.2) is 47.6 Å². The van der Waals surface area contributed by atoms with Crippen molar-refractivity contribution >= 4 is 52.4 Å². The lowest BCUT2D eigenvalue weighted by Crippen LogP contribution is -2.23. The molecule has 0 unspecified atom stereocenters. The minimum absolute atomic E-state index is 0.367. The van der Waals surface area contributed by atoms with Crippen molar-refractivity contribution in [3.05, 3.63) is 58.1 Å². The van der Waals surface area contributed by atoms with Crippen molar-refractivity contribution in [3.8, 4) is 5.75 Å². The maximum absolute atomic E-state index is 6.04. The number of hydrazone groups is 1. The summed E-state index contributed by atoms with van der Waals surface area (Å²) in [6.07, 6.45) is 1.57. The van der Waals surface area contributed by atoms with Crippen LogP contribution in [0.2, 0.25) is 10.0 Å². The number of rotatable bonds is 4. The fourth-order valence-electron chi connectivity index (χ4n) is 1.60. The topological polar surface area (TPSA) is 45.6 Å². The van der Waals surface area contributed by atoms with Crippen LogP contribution in [-0.2, 0) is 0 Å². The average molecular weight is 354 g/mol. The van der Waals surface area contributed by atoms with Gasteiger partial charge in [0.05, 0.1) is 18.3 Å². The highest BCUT2D eigenvalue weighted by atomic mass is 35.5. The monoisotopic (exact) mass is 353 g/mol. The Kier molecular flexibility index (Phi) is 6.00. The summed E-state index contributed by atoms with van der Waals surface area (Å²) in [6, 6.07) is 12.5. The first-order chi connectivity index (χ1) is 10.6. The summed E-state index contributed by atoms with van der Waals surface area (Å²) in [7, 11) is 1.62. The van der Waals surface area contributed by atoms with Crippen molar-refractivity contribution in [3.63, 3.8) is 0 Å². The lowest BCUT2D eigenvalue weighted by atomic mass is 10.2. The molecule has 0 aromatic heterocycles. The van der Waals surface area contributed by atoms with Gasteiger partial charge in [-0.3, -0.25) is 5.43 Å². The van der Waals surface area contributed by atoms with Crippen molar-refractivity contribution in [2.24, 2.45) is 5.10 Å². The van der Waals surface area contributed by atoms with Crippen LogP contribution in [0.4, 0.5) is 5.69 Å². The summed E-state index contributed by atoms with van der Waals surface area (Å²) in [5.74, 6) is 0.778. The first-order valence-electron chi connectivity index (χ1n) is 6.27. The predicted octanol–water partition coefficient (Wildman–Crippen LogP) is 4.32. The van der Waals surface area contributed by atoms with Gasteiger partial charge in [0, 0.05) is 16.3 Å². The molecule has 2 rings (SSSR count). The Morgan fingerprint density at radius 1 is 1.18 bits per heavy atom. The number of thiocarbonyl (C=S) groups is 1. The molecule has 2 aromatic rings. The van der Waals surface area contributed by atoms with E-state index in [0.717, 1.165) is 17.0 Å². The summed E-state index contributed by atoms with van der Waals surface area (Å²) < 4.78 is 5.09. The first kappa shape index (κ1) is 16.5. The molecule has 0 amide bonds. The third-order valence-electron chi connectivity index (χ3n) is 2.68. The number of nitrogens with one attached hydrogen (secondary N) is 2. The molecule has 0 atom stereocenters. The SMILES string of the molecule is COc1ccc(NC(=S)N/N=C/c2ccc(Cl)cc2Cl)cc1. The minimum atomic E-state index is 0.367. The minimum Gasteiger partial charge on any atom is -0.497 e. The molecule has 0 spiro atoms. The highest BCUT2D eigenvalue weighted by Gasteiger charge is 1.99. The van der Waals surface area contributed by atoms with E-state index in [1.165, 1.54) is 0 Å². The zero-order valence-corrected chi connectivity index (χ0v) is 14.0. The van der Waals surface area contributed by atoms with Crippen LogP contribution in [-0.4, -0.2) is 18.4 Å². The predicted molar refractivity (Wildman–Crippen MR) is 96.4 cm³/mol. The van der Waals surface area contributed by atoms with Crippen LogP contribution in [0, 0.1) is 0 Å². The molecule has 7 heteroatoms. The molecule has 0 aliphatic heterocycles. The van der Waals surface area contributed by atoms with Gasteiger partial charge in [-0.25, -0.2) is 0 Å². The third kappa shape index (κ3) is 4.87. The first-order valence-corrected chi connectivity index (χ1v) is 7.44. The van der Waals surface area contributed by atoms with E-state index in [1.54, 1.807) is 31.5 Å². The molecule has 0 heterocycles. The molecule has 0 aliphatic carbocycles. The van der Waals surface area contributed by atoms with Gasteiger partial charge in [0.1, 0.15) is 5.75 Å². The third-order valence-corrected chi connectivity index (χ3v) is 3.44. The molecular weight excluding hydrogens is 341 g/mol. The Bertz CT molecular complexity index is 690. The van der Waals surface area contributed by atoms with E-state index in [9.17, 15) is 0 Å². The van der Waals surface area contributed by atoms with Gasteiger partial charge < -0.3 is 10.1 Å². The Morgan fingerprint density at radius 2 is 1.91 bits per heavy atom. The Hall–Kier alpha value is -1.82. The maximum Gasteiger partial charge on any atom is 0.191 e. The summed E-state index contributed by atoms with van der Waals surface area (Å²) in [4.78, 5) is 0. The number of methoxy groups -OCH3 is 1. The molecular formula is C15H13Cl2N3OS. The van der Waals surface area contributed by atoms with E-state index in [1.807, 2.05) is 24.3 Å². The van der Waals surface area contributed by atoms with Crippen molar-refractivity contribution in [1.82, 2.24) is 5.43 Å². The molecule has 2 aromatic carbocycles. The maximum atomic E-state index is 6.04. The van der Waals surface area contributed by atoms with Crippen LogP contribution in [0.3, 0.4) is 0 Å². The average Bonchev–Trinajstić information content (AvgIpc) is 2.50. The van der Waals surface area contributed by atoms with Crippen molar-refractivity contribution in [2.45, 2.75) is 0 Å². The van der Waals surface area contributed by atoms with Crippen molar-refractivity contribution in [1.29, 1.82) is 0 Å². The smallest absolute Gasteiger partial charge is 0.191 e. The van der Waals surface area contributed by atoms with Crippen LogP contribution in [0.5, 0.6) is 5.75 Å². The number of nitrogens with zero attached hydrogens (tertiary/aromatic N) is 1. The van der Waals surface area contributed by atoms with E-state index in [4.69, 9.17) is 40.2 Å². The van der Waals surface area contributed by atoms with Crippen molar-refractivity contribution < 1.29 is 4.74 Å². The number of ether oxygens (including phenoxy) is 1. The zero-order chi connectivity index (χ0) is 15.9. The number of benzene rings is 2. The summed E-state index contributed by atoms with van der Waals surface area (Å²) in [5, 5.41) is 8.49. The van der Waals surface area contributed by atoms with Crippen LogP contribution >= 0.6 is 35.4 Å². The second-order valence-electron chi connectivity index (χ2n) is 4.22. The Labute approximate surface area is 144 Å². The molecule has 22 heavy (non-hydrogen) atoms. The highest BCUT2D eigenvalue weighted by Crippen LogP contribution is 2.19. The number of anilines is 1. The quantitative estimate of drug-likeness (QED) is 0.488. The second-order valence-corrected chi connectivity index (χ2v) is 5.47. The summed E-state index contributed by atoms with van der Waals surface area (Å²) in [6.45, 7) is 0. The largest absolute Gasteiger partial charge is 0.497 e. The standard InChI is InChI=1S/C15H13Cl2N3OS/c1-21-13-6-4-12(5-7-13)19-15(22)20-18-9-10-2-3-11(16)8-14(10)17/h2-9H,1H3,(H2,19,20,22)/b18-9+. The molecule has 114 valence electrons. The molecule has 0 radical (unpaired) electrons. The van der Waals surface area contributed by atoms with Gasteiger partial charge >= 0.3 is 0 Å².